The van der Waals surface area contributed by atoms with E-state index in [0.29, 0.717) is 10.6 Å². The third-order valence-corrected chi connectivity index (χ3v) is 5.90. The van der Waals surface area contributed by atoms with Gasteiger partial charge in [-0.3, -0.25) is 9.10 Å². The van der Waals surface area contributed by atoms with Gasteiger partial charge in [-0.05, 0) is 30.7 Å². The van der Waals surface area contributed by atoms with Gasteiger partial charge in [0, 0.05) is 24.6 Å². The fourth-order valence-electron chi connectivity index (χ4n) is 2.85. The summed E-state index contributed by atoms with van der Waals surface area (Å²) in [4.78, 5) is 16.3. The van der Waals surface area contributed by atoms with E-state index in [-0.39, 0.29) is 49.2 Å². The lowest BCUT2D eigenvalue weighted by Gasteiger charge is -2.22. The van der Waals surface area contributed by atoms with Gasteiger partial charge >= 0.3 is 0 Å². The van der Waals surface area contributed by atoms with Crippen LogP contribution in [0.15, 0.2) is 47.0 Å². The predicted molar refractivity (Wildman–Crippen MR) is 114 cm³/mol. The molecule has 0 saturated carbocycles. The number of rotatable bonds is 9. The van der Waals surface area contributed by atoms with Gasteiger partial charge in [0.05, 0.1) is 23.5 Å². The molecule has 0 spiro atoms. The van der Waals surface area contributed by atoms with E-state index in [1.807, 2.05) is 0 Å². The monoisotopic (exact) mass is 484 g/mol. The summed E-state index contributed by atoms with van der Waals surface area (Å²) in [6, 6.07) is 9.76. The lowest BCUT2D eigenvalue weighted by Crippen LogP contribution is -2.32. The van der Waals surface area contributed by atoms with E-state index >= 15 is 0 Å². The van der Waals surface area contributed by atoms with Gasteiger partial charge in [-0.25, -0.2) is 17.2 Å². The van der Waals surface area contributed by atoms with Crippen LogP contribution in [0, 0.1) is 11.6 Å². The smallest absolute Gasteiger partial charge is 0.246 e. The van der Waals surface area contributed by atoms with E-state index in [1.165, 1.54) is 0 Å². The molecule has 8 nitrogen and oxygen atoms in total. The highest BCUT2D eigenvalue weighted by atomic mass is 35.5. The van der Waals surface area contributed by atoms with E-state index < -0.39 is 21.7 Å². The molecular formula is C20H19ClF2N4O4S. The Kier molecular flexibility index (Phi) is 7.41. The Bertz CT molecular complexity index is 1220. The maximum absolute atomic E-state index is 13.5. The number of aromatic nitrogens is 2. The number of nitrogens with zero attached hydrogens (tertiary/aromatic N) is 3. The largest absolute Gasteiger partial charge is 0.347 e. The third kappa shape index (κ3) is 6.01. The minimum absolute atomic E-state index is 0.0127. The minimum atomic E-state index is -3.76. The van der Waals surface area contributed by atoms with Gasteiger partial charge in [-0.2, -0.15) is 4.98 Å². The average molecular weight is 485 g/mol. The first-order chi connectivity index (χ1) is 15.1. The number of nitrogens with one attached hydrogen (secondary N) is 1. The van der Waals surface area contributed by atoms with Crippen LogP contribution in [0.5, 0.6) is 0 Å². The lowest BCUT2D eigenvalue weighted by molar-refractivity contribution is -0.121. The topological polar surface area (TPSA) is 105 Å². The van der Waals surface area contributed by atoms with Crippen molar-refractivity contribution < 1.29 is 26.5 Å². The Morgan fingerprint density at radius 2 is 1.94 bits per heavy atom. The van der Waals surface area contributed by atoms with Crippen LogP contribution in [-0.4, -0.2) is 37.3 Å². The SMILES string of the molecule is CS(=O)(=O)N(CCCC(=O)NCc1nc(-c2ccccc2Cl)no1)c1ccc(F)c(F)c1. The van der Waals surface area contributed by atoms with Crippen LogP contribution in [0.25, 0.3) is 11.4 Å². The maximum Gasteiger partial charge on any atom is 0.246 e. The van der Waals surface area contributed by atoms with Crippen molar-refractivity contribution in [3.63, 3.8) is 0 Å². The first-order valence-electron chi connectivity index (χ1n) is 9.42. The second-order valence-electron chi connectivity index (χ2n) is 6.81. The van der Waals surface area contributed by atoms with Gasteiger partial charge in [-0.1, -0.05) is 28.9 Å². The predicted octanol–water partition coefficient (Wildman–Crippen LogP) is 3.53. The summed E-state index contributed by atoms with van der Waals surface area (Å²) in [6.45, 7) is -0.107. The normalized spacial score (nSPS) is 11.4. The van der Waals surface area contributed by atoms with Crippen LogP contribution in [0.2, 0.25) is 5.02 Å². The van der Waals surface area contributed by atoms with E-state index in [0.717, 1.165) is 28.8 Å². The van der Waals surface area contributed by atoms with Gasteiger partial charge in [-0.15, -0.1) is 0 Å². The van der Waals surface area contributed by atoms with Gasteiger partial charge in [0.2, 0.25) is 27.6 Å². The molecule has 0 saturated heterocycles. The highest BCUT2D eigenvalue weighted by Crippen LogP contribution is 2.25. The molecule has 3 aromatic rings. The van der Waals surface area contributed by atoms with Crippen molar-refractivity contribution in [3.8, 4) is 11.4 Å². The summed E-state index contributed by atoms with van der Waals surface area (Å²) in [7, 11) is -3.76. The molecule has 0 aliphatic rings. The van der Waals surface area contributed by atoms with E-state index in [4.69, 9.17) is 16.1 Å². The zero-order chi connectivity index (χ0) is 23.3. The van der Waals surface area contributed by atoms with Crippen molar-refractivity contribution >= 4 is 33.2 Å². The van der Waals surface area contributed by atoms with Crippen molar-refractivity contribution in [3.05, 3.63) is 65.0 Å². The van der Waals surface area contributed by atoms with Crippen LogP contribution in [0.1, 0.15) is 18.7 Å². The van der Waals surface area contributed by atoms with Crippen molar-refractivity contribution in [1.82, 2.24) is 15.5 Å². The fraction of sp³-hybridized carbons (Fsp3) is 0.250. The molecule has 32 heavy (non-hydrogen) atoms. The van der Waals surface area contributed by atoms with Crippen LogP contribution in [-0.2, 0) is 21.4 Å². The van der Waals surface area contributed by atoms with Crippen LogP contribution in [0.4, 0.5) is 14.5 Å². The van der Waals surface area contributed by atoms with Gasteiger partial charge in [0.25, 0.3) is 0 Å². The third-order valence-electron chi connectivity index (χ3n) is 4.38. The number of benzene rings is 2. The summed E-state index contributed by atoms with van der Waals surface area (Å²) < 4.78 is 56.7. The van der Waals surface area contributed by atoms with Crippen LogP contribution >= 0.6 is 11.6 Å². The molecule has 1 aromatic heterocycles. The highest BCUT2D eigenvalue weighted by molar-refractivity contribution is 7.92. The molecule has 0 radical (unpaired) electrons. The molecule has 1 heterocycles. The van der Waals surface area contributed by atoms with E-state index in [9.17, 15) is 22.0 Å². The van der Waals surface area contributed by atoms with Gasteiger partial charge < -0.3 is 9.84 Å². The van der Waals surface area contributed by atoms with E-state index in [2.05, 4.69) is 15.5 Å². The number of sulfonamides is 1. The molecule has 1 N–H and O–H groups in total. The summed E-state index contributed by atoms with van der Waals surface area (Å²) in [5, 5.41) is 6.89. The Balaban J connectivity index is 1.53. The Labute approximate surface area is 188 Å². The Morgan fingerprint density at radius 3 is 2.62 bits per heavy atom. The number of carbonyl (C=O) groups excluding carboxylic acids is 1. The molecule has 0 fully saturated rings. The molecule has 1 amide bonds. The summed E-state index contributed by atoms with van der Waals surface area (Å²) >= 11 is 6.09. The summed E-state index contributed by atoms with van der Waals surface area (Å²) in [6.07, 6.45) is 1.08. The average Bonchev–Trinajstić information content (AvgIpc) is 3.20. The lowest BCUT2D eigenvalue weighted by atomic mass is 10.2. The highest BCUT2D eigenvalue weighted by Gasteiger charge is 2.19. The molecule has 3 rings (SSSR count). The zero-order valence-electron chi connectivity index (χ0n) is 16.9. The van der Waals surface area contributed by atoms with Crippen LogP contribution < -0.4 is 9.62 Å². The quantitative estimate of drug-likeness (QED) is 0.498. The molecule has 0 aliphatic carbocycles. The number of halogens is 3. The maximum atomic E-state index is 13.5. The van der Waals surface area contributed by atoms with Crippen molar-refractivity contribution in [2.45, 2.75) is 19.4 Å². The number of anilines is 1. The van der Waals surface area contributed by atoms with Crippen molar-refractivity contribution in [2.24, 2.45) is 0 Å². The summed E-state index contributed by atoms with van der Waals surface area (Å²) in [5.74, 6) is -2.16. The molecule has 0 atom stereocenters. The molecule has 0 unspecified atom stereocenters. The number of carbonyl (C=O) groups is 1. The second kappa shape index (κ2) is 10.0. The number of hydrogen-bond donors (Lipinski definition) is 1. The van der Waals surface area contributed by atoms with Gasteiger partial charge in [0.15, 0.2) is 11.6 Å². The first kappa shape index (κ1) is 23.6. The van der Waals surface area contributed by atoms with Gasteiger partial charge in [0.1, 0.15) is 0 Å². The van der Waals surface area contributed by atoms with Crippen molar-refractivity contribution in [2.75, 3.05) is 17.1 Å². The van der Waals surface area contributed by atoms with Crippen LogP contribution in [0.3, 0.4) is 0 Å². The second-order valence-corrected chi connectivity index (χ2v) is 9.12. The molecule has 0 aliphatic heterocycles. The molecule has 12 heteroatoms. The van der Waals surface area contributed by atoms with Crippen molar-refractivity contribution in [1.29, 1.82) is 0 Å². The molecule has 2 aromatic carbocycles. The number of amides is 1. The molecular weight excluding hydrogens is 466 g/mol. The first-order valence-corrected chi connectivity index (χ1v) is 11.6. The standard InChI is InChI=1S/C20H19ClF2N4O4S/c1-32(29,30)27(13-8-9-16(22)17(23)11-13)10-4-7-18(28)24-12-19-25-20(26-31-19)14-5-2-3-6-15(14)21/h2-3,5-6,8-9,11H,4,7,10,12H2,1H3,(H,24,28). The Morgan fingerprint density at radius 1 is 1.19 bits per heavy atom. The Hall–Kier alpha value is -3.05. The zero-order valence-corrected chi connectivity index (χ0v) is 18.5. The molecule has 0 bridgehead atoms. The minimum Gasteiger partial charge on any atom is -0.347 e. The van der Waals surface area contributed by atoms with E-state index in [1.54, 1.807) is 24.3 Å². The summed E-state index contributed by atoms with van der Waals surface area (Å²) in [5.41, 5.74) is 0.568. The molecule has 170 valence electrons. The number of hydrogen-bond acceptors (Lipinski definition) is 6. The fourth-order valence-corrected chi connectivity index (χ4v) is 4.03.